The molecule has 3 heterocycles. The topological polar surface area (TPSA) is 65.2 Å². The van der Waals surface area contributed by atoms with Crippen molar-refractivity contribution in [2.45, 2.75) is 94.0 Å². The quantitative estimate of drug-likeness (QED) is 0.235. The Morgan fingerprint density at radius 2 is 1.13 bits per heavy atom. The lowest BCUT2D eigenvalue weighted by molar-refractivity contribution is -0.120. The normalized spacial score (nSPS) is 21.6. The molecule has 0 bridgehead atoms. The van der Waals surface area contributed by atoms with Gasteiger partial charge in [0.15, 0.2) is 0 Å². The zero-order valence-corrected chi connectivity index (χ0v) is 29.6. The van der Waals surface area contributed by atoms with E-state index >= 15 is 0 Å². The van der Waals surface area contributed by atoms with Gasteiger partial charge in [-0.15, -0.1) is 9.24 Å². The first-order chi connectivity index (χ1) is 21.6. The van der Waals surface area contributed by atoms with Crippen LogP contribution in [0.1, 0.15) is 81.2 Å². The molecule has 0 saturated carbocycles. The highest BCUT2D eigenvalue weighted by molar-refractivity contribution is 7.69. The molecule has 4 N–H and O–H groups in total. The van der Waals surface area contributed by atoms with E-state index in [0.717, 1.165) is 51.9 Å². The Bertz CT molecular complexity index is 1430. The standard InChI is InChI=1S/C38H52N4OP2/c1-36(2)25-31(43)26-37(3,4)45(36)33-24-30(22-28-15-9-6-10-16-28)29(21-27-13-7-5-8-14-27)23-32(33)38(44,34-39-17-11-18-40-34)35-41-19-12-20-42-35/h5-10,13-16,23-24,34-35,39-42H,11-12,17-22,25-26,44H2,1-4H3. The Balaban J connectivity index is 1.62. The van der Waals surface area contributed by atoms with Crippen LogP contribution < -0.4 is 26.6 Å². The van der Waals surface area contributed by atoms with Gasteiger partial charge in [0.25, 0.3) is 0 Å². The van der Waals surface area contributed by atoms with Crippen molar-refractivity contribution in [3.63, 3.8) is 0 Å². The summed E-state index contributed by atoms with van der Waals surface area (Å²) in [6.07, 6.45) is 5.47. The number of nitrogens with one attached hydrogen (secondary N) is 4. The van der Waals surface area contributed by atoms with Crippen LogP contribution in [0, 0.1) is 0 Å². The summed E-state index contributed by atoms with van der Waals surface area (Å²) < 4.78 is 0. The van der Waals surface area contributed by atoms with Crippen molar-refractivity contribution in [1.29, 1.82) is 0 Å². The minimum atomic E-state index is -0.715. The fourth-order valence-electron chi connectivity index (χ4n) is 8.29. The Hall–Kier alpha value is -1.97. The molecule has 1 atom stereocenters. The number of Topliss-reactive ketones (excluding diaryl/α,β-unsaturated/α-hetero) is 1. The molecule has 0 amide bonds. The molecule has 6 rings (SSSR count). The first-order valence-corrected chi connectivity index (χ1v) is 18.8. The number of rotatable bonds is 8. The molecule has 3 aromatic carbocycles. The second-order valence-corrected chi connectivity index (χ2v) is 19.2. The van der Waals surface area contributed by atoms with Crippen molar-refractivity contribution in [2.24, 2.45) is 0 Å². The molecule has 5 nitrogen and oxygen atoms in total. The van der Waals surface area contributed by atoms with E-state index in [-0.39, 0.29) is 27.8 Å². The minimum absolute atomic E-state index is 0.0790. The molecule has 1 unspecified atom stereocenters. The fraction of sp³-hybridized carbons (Fsp3) is 0.500. The van der Waals surface area contributed by atoms with E-state index in [4.69, 9.17) is 0 Å². The summed E-state index contributed by atoms with van der Waals surface area (Å²) in [4.78, 5) is 13.2. The van der Waals surface area contributed by atoms with Gasteiger partial charge in [0.1, 0.15) is 5.78 Å². The molecule has 0 aliphatic carbocycles. The maximum Gasteiger partial charge on any atom is 0.134 e. The highest BCUT2D eigenvalue weighted by atomic mass is 31.1. The summed E-state index contributed by atoms with van der Waals surface area (Å²) in [6, 6.07) is 27.0. The van der Waals surface area contributed by atoms with E-state index in [2.05, 4.69) is 131 Å². The van der Waals surface area contributed by atoms with Crippen molar-refractivity contribution >= 4 is 28.2 Å². The highest BCUT2D eigenvalue weighted by Gasteiger charge is 2.52. The van der Waals surface area contributed by atoms with Crippen LogP contribution in [0.4, 0.5) is 0 Å². The summed E-state index contributed by atoms with van der Waals surface area (Å²) in [5, 5.41) is 16.5. The predicted octanol–water partition coefficient (Wildman–Crippen LogP) is 5.78. The average molecular weight is 643 g/mol. The lowest BCUT2D eigenvalue weighted by Gasteiger charge is -2.53. The van der Waals surface area contributed by atoms with E-state index in [9.17, 15) is 4.79 Å². The lowest BCUT2D eigenvalue weighted by atomic mass is 9.85. The number of hydrogen-bond acceptors (Lipinski definition) is 5. The number of carbonyl (C=O) groups excluding carboxylic acids is 1. The lowest BCUT2D eigenvalue weighted by Crippen LogP contribution is -2.69. The summed E-state index contributed by atoms with van der Waals surface area (Å²) in [6.45, 7) is 13.4. The summed E-state index contributed by atoms with van der Waals surface area (Å²) in [5.41, 5.74) is 6.85. The number of hydrogen-bond donors (Lipinski definition) is 4. The second kappa shape index (κ2) is 13.6. The van der Waals surface area contributed by atoms with E-state index in [1.165, 1.54) is 33.1 Å². The number of ketones is 1. The molecule has 3 aliphatic heterocycles. The third-order valence-electron chi connectivity index (χ3n) is 10.0. The van der Waals surface area contributed by atoms with Gasteiger partial charge in [-0.3, -0.25) is 4.79 Å². The fourth-order valence-corrected chi connectivity index (χ4v) is 13.5. The van der Waals surface area contributed by atoms with Crippen LogP contribution in [0.25, 0.3) is 0 Å². The van der Waals surface area contributed by atoms with Gasteiger partial charge in [-0.2, -0.15) is 0 Å². The summed E-state index contributed by atoms with van der Waals surface area (Å²) in [7, 11) is 2.67. The SMILES string of the molecule is CC1(C)CC(=O)CC(C)(C)P1c1cc(Cc2ccccc2)c(Cc2ccccc2)cc1C(P)(C1NCCCN1)C1NCCCN1. The van der Waals surface area contributed by atoms with Crippen molar-refractivity contribution in [3.05, 3.63) is 101 Å². The smallest absolute Gasteiger partial charge is 0.134 e. The van der Waals surface area contributed by atoms with E-state index in [0.29, 0.717) is 18.6 Å². The molecule has 3 aliphatic rings. The van der Waals surface area contributed by atoms with Gasteiger partial charge >= 0.3 is 0 Å². The van der Waals surface area contributed by atoms with Gasteiger partial charge in [0.05, 0.1) is 17.5 Å². The molecule has 0 radical (unpaired) electrons. The van der Waals surface area contributed by atoms with E-state index in [1.807, 2.05) is 0 Å². The first-order valence-electron chi connectivity index (χ1n) is 16.9. The van der Waals surface area contributed by atoms with Crippen molar-refractivity contribution in [1.82, 2.24) is 21.3 Å². The van der Waals surface area contributed by atoms with Crippen LogP contribution in [-0.4, -0.2) is 54.6 Å². The average Bonchev–Trinajstić information content (AvgIpc) is 3.02. The third-order valence-corrected chi connectivity index (χ3v) is 14.6. The monoisotopic (exact) mass is 642 g/mol. The molecule has 45 heavy (non-hydrogen) atoms. The molecule has 0 aromatic heterocycles. The molecular weight excluding hydrogens is 590 g/mol. The molecule has 0 spiro atoms. The third kappa shape index (κ3) is 7.01. The largest absolute Gasteiger partial charge is 0.301 e. The van der Waals surface area contributed by atoms with Gasteiger partial charge in [-0.05, 0) is 95.3 Å². The number of carbonyl (C=O) groups is 1. The van der Waals surface area contributed by atoms with Crippen LogP contribution in [0.5, 0.6) is 0 Å². The van der Waals surface area contributed by atoms with Gasteiger partial charge < -0.3 is 21.3 Å². The van der Waals surface area contributed by atoms with Crippen LogP contribution in [0.2, 0.25) is 0 Å². The van der Waals surface area contributed by atoms with Crippen molar-refractivity contribution in [2.75, 3.05) is 26.2 Å². The Morgan fingerprint density at radius 3 is 1.58 bits per heavy atom. The zero-order chi connectivity index (χ0) is 31.7. The maximum atomic E-state index is 13.2. The predicted molar refractivity (Wildman–Crippen MR) is 194 cm³/mol. The Morgan fingerprint density at radius 1 is 0.711 bits per heavy atom. The minimum Gasteiger partial charge on any atom is -0.301 e. The van der Waals surface area contributed by atoms with Crippen molar-refractivity contribution in [3.8, 4) is 0 Å². The van der Waals surface area contributed by atoms with Gasteiger partial charge in [0.2, 0.25) is 0 Å². The number of benzene rings is 3. The molecule has 3 aromatic rings. The van der Waals surface area contributed by atoms with Crippen LogP contribution in [0.3, 0.4) is 0 Å². The van der Waals surface area contributed by atoms with Gasteiger partial charge in [-0.1, -0.05) is 108 Å². The van der Waals surface area contributed by atoms with Crippen LogP contribution in [0.15, 0.2) is 72.8 Å². The molecule has 3 saturated heterocycles. The Labute approximate surface area is 274 Å². The highest BCUT2D eigenvalue weighted by Crippen LogP contribution is 2.65. The van der Waals surface area contributed by atoms with Gasteiger partial charge in [0, 0.05) is 12.8 Å². The first kappa shape index (κ1) is 33.0. The molecule has 240 valence electrons. The van der Waals surface area contributed by atoms with Crippen LogP contribution >= 0.6 is 17.2 Å². The summed E-state index contributed by atoms with van der Waals surface area (Å²) in [5.74, 6) is 0.402. The van der Waals surface area contributed by atoms with E-state index < -0.39 is 7.92 Å². The maximum absolute atomic E-state index is 13.2. The van der Waals surface area contributed by atoms with Crippen molar-refractivity contribution < 1.29 is 4.79 Å². The molecule has 3 fully saturated rings. The van der Waals surface area contributed by atoms with Gasteiger partial charge in [-0.25, -0.2) is 0 Å². The second-order valence-electron chi connectivity index (χ2n) is 14.6. The summed E-state index contributed by atoms with van der Waals surface area (Å²) >= 11 is 0. The zero-order valence-electron chi connectivity index (χ0n) is 27.6. The van der Waals surface area contributed by atoms with E-state index in [1.54, 1.807) is 0 Å². The molecular formula is C38H52N4OP2. The van der Waals surface area contributed by atoms with Crippen LogP contribution in [-0.2, 0) is 22.8 Å². The Kier molecular flexibility index (Phi) is 9.99. The molecule has 7 heteroatoms.